The molecule has 2 rings (SSSR count). The molecule has 0 bridgehead atoms. The standard InChI is InChI=1S/C8H4N2OS/c9-4-6-3-8-7(10-5-6)1-2-12(8)11/h1-3,5H. The number of nitriles is 1. The van der Waals surface area contributed by atoms with Gasteiger partial charge in [-0.25, -0.2) is 4.21 Å². The van der Waals surface area contributed by atoms with Gasteiger partial charge in [-0.15, -0.1) is 0 Å². The third-order valence-corrected chi connectivity index (χ3v) is 2.72. The first-order valence-electron chi connectivity index (χ1n) is 3.30. The summed E-state index contributed by atoms with van der Waals surface area (Å²) in [6.45, 7) is 0. The summed E-state index contributed by atoms with van der Waals surface area (Å²) in [5.74, 6) is 0. The molecule has 1 aromatic rings. The fourth-order valence-corrected chi connectivity index (χ4v) is 1.97. The Balaban J connectivity index is 2.64. The molecule has 2 heterocycles. The molecule has 1 aromatic heterocycles. The van der Waals surface area contributed by atoms with Crippen LogP contribution in [0.1, 0.15) is 11.3 Å². The van der Waals surface area contributed by atoms with E-state index in [-0.39, 0.29) is 0 Å². The fourth-order valence-electron chi connectivity index (χ4n) is 1.00. The maximum Gasteiger partial charge on any atom is 0.101 e. The highest BCUT2D eigenvalue weighted by Gasteiger charge is 2.13. The van der Waals surface area contributed by atoms with Crippen LogP contribution >= 0.6 is 0 Å². The third-order valence-electron chi connectivity index (χ3n) is 1.58. The van der Waals surface area contributed by atoms with E-state index in [4.69, 9.17) is 5.26 Å². The molecule has 12 heavy (non-hydrogen) atoms. The van der Waals surface area contributed by atoms with E-state index in [1.165, 1.54) is 6.20 Å². The Morgan fingerprint density at radius 3 is 3.17 bits per heavy atom. The second-order valence-electron chi connectivity index (χ2n) is 2.32. The van der Waals surface area contributed by atoms with Gasteiger partial charge in [0.15, 0.2) is 0 Å². The Labute approximate surface area is 71.8 Å². The maximum absolute atomic E-state index is 11.2. The van der Waals surface area contributed by atoms with E-state index in [0.29, 0.717) is 16.2 Å². The Kier molecular flexibility index (Phi) is 1.52. The Bertz CT molecular complexity index is 431. The first-order valence-corrected chi connectivity index (χ1v) is 4.51. The van der Waals surface area contributed by atoms with Crippen molar-refractivity contribution in [3.8, 4) is 6.07 Å². The molecule has 1 atom stereocenters. The fraction of sp³-hybridized carbons (Fsp3) is 0. The quantitative estimate of drug-likeness (QED) is 0.593. The van der Waals surface area contributed by atoms with Crippen molar-refractivity contribution in [1.82, 2.24) is 4.98 Å². The van der Waals surface area contributed by atoms with E-state index in [1.54, 1.807) is 17.6 Å². The molecule has 1 aliphatic heterocycles. The zero-order valence-corrected chi connectivity index (χ0v) is 6.84. The lowest BCUT2D eigenvalue weighted by molar-refractivity contribution is 0.688. The van der Waals surface area contributed by atoms with Gasteiger partial charge in [0.1, 0.15) is 6.07 Å². The van der Waals surface area contributed by atoms with Crippen LogP contribution in [0.5, 0.6) is 0 Å². The van der Waals surface area contributed by atoms with Crippen LogP contribution in [0.25, 0.3) is 6.08 Å². The Hall–Kier alpha value is -1.47. The van der Waals surface area contributed by atoms with Gasteiger partial charge < -0.3 is 0 Å². The lowest BCUT2D eigenvalue weighted by Gasteiger charge is -1.95. The molecule has 0 fully saturated rings. The summed E-state index contributed by atoms with van der Waals surface area (Å²) in [6, 6.07) is 3.56. The van der Waals surface area contributed by atoms with Gasteiger partial charge in [0.05, 0.1) is 27.0 Å². The number of rotatable bonds is 0. The van der Waals surface area contributed by atoms with Crippen LogP contribution in [0.15, 0.2) is 22.6 Å². The van der Waals surface area contributed by atoms with Gasteiger partial charge in [-0.1, -0.05) is 0 Å². The Morgan fingerprint density at radius 2 is 2.42 bits per heavy atom. The molecule has 0 saturated carbocycles. The van der Waals surface area contributed by atoms with Gasteiger partial charge in [-0.05, 0) is 12.1 Å². The van der Waals surface area contributed by atoms with Crippen LogP contribution in [0.4, 0.5) is 0 Å². The van der Waals surface area contributed by atoms with Gasteiger partial charge in [-0.3, -0.25) is 4.98 Å². The molecule has 3 nitrogen and oxygen atoms in total. The zero-order chi connectivity index (χ0) is 8.55. The molecule has 0 radical (unpaired) electrons. The van der Waals surface area contributed by atoms with Crippen molar-refractivity contribution in [2.45, 2.75) is 4.90 Å². The van der Waals surface area contributed by atoms with Crippen molar-refractivity contribution in [2.24, 2.45) is 0 Å². The second-order valence-corrected chi connectivity index (χ2v) is 3.63. The summed E-state index contributed by atoms with van der Waals surface area (Å²) in [7, 11) is -1.10. The predicted molar refractivity (Wildman–Crippen MR) is 44.4 cm³/mol. The van der Waals surface area contributed by atoms with Crippen molar-refractivity contribution in [1.29, 1.82) is 5.26 Å². The normalized spacial score (nSPS) is 18.8. The largest absolute Gasteiger partial charge is 0.254 e. The van der Waals surface area contributed by atoms with Crippen LogP contribution < -0.4 is 0 Å². The number of nitrogens with zero attached hydrogens (tertiary/aromatic N) is 2. The molecule has 4 heteroatoms. The van der Waals surface area contributed by atoms with Gasteiger partial charge in [0.25, 0.3) is 0 Å². The third kappa shape index (κ3) is 0.953. The average molecular weight is 176 g/mol. The zero-order valence-electron chi connectivity index (χ0n) is 6.02. The summed E-state index contributed by atoms with van der Waals surface area (Å²) in [4.78, 5) is 4.61. The number of hydrogen-bond donors (Lipinski definition) is 0. The minimum atomic E-state index is -1.10. The minimum Gasteiger partial charge on any atom is -0.254 e. The molecular formula is C8H4N2OS. The number of pyridine rings is 1. The molecular weight excluding hydrogens is 172 g/mol. The molecule has 0 aromatic carbocycles. The first kappa shape index (κ1) is 7.19. The van der Waals surface area contributed by atoms with E-state index in [2.05, 4.69) is 4.98 Å². The lowest BCUT2D eigenvalue weighted by atomic mass is 10.3. The first-order chi connectivity index (χ1) is 5.81. The van der Waals surface area contributed by atoms with Gasteiger partial charge in [0.2, 0.25) is 0 Å². The highest BCUT2D eigenvalue weighted by atomic mass is 32.2. The topological polar surface area (TPSA) is 53.8 Å². The van der Waals surface area contributed by atoms with Crippen LogP contribution in [0.2, 0.25) is 0 Å². The summed E-state index contributed by atoms with van der Waals surface area (Å²) in [6.07, 6.45) is 3.18. The summed E-state index contributed by atoms with van der Waals surface area (Å²) >= 11 is 0. The van der Waals surface area contributed by atoms with Crippen LogP contribution in [0, 0.1) is 11.3 Å². The molecule has 0 N–H and O–H groups in total. The summed E-state index contributed by atoms with van der Waals surface area (Å²) < 4.78 is 11.2. The number of aromatic nitrogens is 1. The number of hydrogen-bond acceptors (Lipinski definition) is 3. The van der Waals surface area contributed by atoms with Crippen LogP contribution in [-0.4, -0.2) is 9.19 Å². The SMILES string of the molecule is N#Cc1cnc2c(c1)S(=O)C=C2. The van der Waals surface area contributed by atoms with Crippen LogP contribution in [-0.2, 0) is 10.8 Å². The van der Waals surface area contributed by atoms with Crippen molar-refractivity contribution in [3.05, 3.63) is 28.9 Å². The molecule has 58 valence electrons. The lowest BCUT2D eigenvalue weighted by Crippen LogP contribution is -1.89. The molecule has 0 spiro atoms. The van der Waals surface area contributed by atoms with Crippen molar-refractivity contribution in [2.75, 3.05) is 0 Å². The van der Waals surface area contributed by atoms with Crippen LogP contribution in [0.3, 0.4) is 0 Å². The van der Waals surface area contributed by atoms with E-state index in [0.717, 1.165) is 0 Å². The maximum atomic E-state index is 11.2. The van der Waals surface area contributed by atoms with E-state index in [9.17, 15) is 4.21 Å². The van der Waals surface area contributed by atoms with Crippen molar-refractivity contribution in [3.63, 3.8) is 0 Å². The van der Waals surface area contributed by atoms with Gasteiger partial charge >= 0.3 is 0 Å². The van der Waals surface area contributed by atoms with Gasteiger partial charge in [0, 0.05) is 11.6 Å². The summed E-state index contributed by atoms with van der Waals surface area (Å²) in [5.41, 5.74) is 1.15. The summed E-state index contributed by atoms with van der Waals surface area (Å²) in [5, 5.41) is 10.1. The number of fused-ring (bicyclic) bond motifs is 1. The molecule has 1 unspecified atom stereocenters. The molecule has 0 saturated heterocycles. The van der Waals surface area contributed by atoms with E-state index < -0.39 is 10.8 Å². The van der Waals surface area contributed by atoms with E-state index in [1.807, 2.05) is 6.07 Å². The highest BCUT2D eigenvalue weighted by molar-refractivity contribution is 7.88. The second kappa shape index (κ2) is 2.54. The van der Waals surface area contributed by atoms with E-state index >= 15 is 0 Å². The monoisotopic (exact) mass is 176 g/mol. The van der Waals surface area contributed by atoms with Crippen molar-refractivity contribution < 1.29 is 4.21 Å². The molecule has 0 amide bonds. The minimum absolute atomic E-state index is 0.450. The average Bonchev–Trinajstić information content (AvgIpc) is 2.47. The Morgan fingerprint density at radius 1 is 1.58 bits per heavy atom. The smallest absolute Gasteiger partial charge is 0.101 e. The van der Waals surface area contributed by atoms with Crippen molar-refractivity contribution >= 4 is 16.9 Å². The predicted octanol–water partition coefficient (Wildman–Crippen LogP) is 1.05. The highest BCUT2D eigenvalue weighted by Crippen LogP contribution is 2.21. The molecule has 1 aliphatic rings. The molecule has 0 aliphatic carbocycles. The van der Waals surface area contributed by atoms with Gasteiger partial charge in [-0.2, -0.15) is 5.26 Å².